The van der Waals surface area contributed by atoms with Crippen LogP contribution in [-0.2, 0) is 0 Å². The van der Waals surface area contributed by atoms with E-state index in [4.69, 9.17) is 10.1 Å². The van der Waals surface area contributed by atoms with Crippen molar-refractivity contribution in [1.82, 2.24) is 0 Å². The molecule has 1 aliphatic rings. The number of hydrogen-bond donors (Lipinski definition) is 1. The Hall–Kier alpha value is -1.03. The molecule has 80 valence electrons. The smallest absolute Gasteiger partial charge is 0.142 e. The number of halogens is 1. The third kappa shape index (κ3) is 2.15. The van der Waals surface area contributed by atoms with Gasteiger partial charge >= 0.3 is 0 Å². The Morgan fingerprint density at radius 3 is 2.80 bits per heavy atom. The van der Waals surface area contributed by atoms with Crippen LogP contribution in [0.2, 0.25) is 0 Å². The molecule has 2 rings (SSSR count). The summed E-state index contributed by atoms with van der Waals surface area (Å²) in [6, 6.07) is 6.32. The van der Waals surface area contributed by atoms with E-state index in [0.717, 1.165) is 28.8 Å². The molecule has 0 atom stereocenters. The Labute approximate surface area is 97.7 Å². The van der Waals surface area contributed by atoms with Gasteiger partial charge in [-0.05, 0) is 31.0 Å². The lowest BCUT2D eigenvalue weighted by Gasteiger charge is -2.21. The van der Waals surface area contributed by atoms with Crippen molar-refractivity contribution in [2.24, 2.45) is 0 Å². The summed E-state index contributed by atoms with van der Waals surface area (Å²) in [6.45, 7) is 0. The molecular formula is C11H13BrN2O. The summed E-state index contributed by atoms with van der Waals surface area (Å²) in [4.78, 5) is 1.96. The molecule has 15 heavy (non-hydrogen) atoms. The minimum Gasteiger partial charge on any atom is -0.495 e. The molecule has 0 radical (unpaired) electrons. The van der Waals surface area contributed by atoms with Gasteiger partial charge in [0.25, 0.3) is 0 Å². The van der Waals surface area contributed by atoms with Crippen molar-refractivity contribution >= 4 is 28.0 Å². The summed E-state index contributed by atoms with van der Waals surface area (Å²) in [5.41, 5.74) is 0.962. The molecule has 0 aliphatic heterocycles. The van der Waals surface area contributed by atoms with E-state index in [1.54, 1.807) is 7.11 Å². The van der Waals surface area contributed by atoms with Crippen molar-refractivity contribution in [2.75, 3.05) is 12.0 Å². The summed E-state index contributed by atoms with van der Waals surface area (Å²) >= 11 is 3.44. The highest BCUT2D eigenvalue weighted by molar-refractivity contribution is 9.10. The minimum absolute atomic E-state index is 0.477. The Bertz CT molecular complexity index is 377. The predicted molar refractivity (Wildman–Crippen MR) is 65.0 cm³/mol. The standard InChI is InChI=1S/C11H13BrN2O/c1-15-11-5-2-8(12)6-10(11)14(7-13)9-3-4-9/h2,5-7,9,13H,3-4H2,1H3. The van der Waals surface area contributed by atoms with Gasteiger partial charge in [0.2, 0.25) is 0 Å². The fraction of sp³-hybridized carbons (Fsp3) is 0.364. The lowest BCUT2D eigenvalue weighted by atomic mass is 10.2. The van der Waals surface area contributed by atoms with Gasteiger partial charge in [-0.1, -0.05) is 15.9 Å². The Balaban J connectivity index is 2.38. The van der Waals surface area contributed by atoms with Crippen LogP contribution in [0.3, 0.4) is 0 Å². The second-order valence-electron chi connectivity index (χ2n) is 3.58. The van der Waals surface area contributed by atoms with Gasteiger partial charge < -0.3 is 9.64 Å². The first-order chi connectivity index (χ1) is 7.26. The molecule has 4 heteroatoms. The molecule has 0 bridgehead atoms. The topological polar surface area (TPSA) is 36.3 Å². The van der Waals surface area contributed by atoms with Crippen LogP contribution < -0.4 is 9.64 Å². The molecule has 0 heterocycles. The van der Waals surface area contributed by atoms with Crippen molar-refractivity contribution in [3.05, 3.63) is 22.7 Å². The Kier molecular flexibility index (Phi) is 2.95. The molecule has 3 nitrogen and oxygen atoms in total. The normalized spacial score (nSPS) is 14.8. The van der Waals surface area contributed by atoms with Crippen molar-refractivity contribution < 1.29 is 4.74 Å². The molecule has 0 unspecified atom stereocenters. The van der Waals surface area contributed by atoms with E-state index in [1.165, 1.54) is 6.34 Å². The number of benzene rings is 1. The molecule has 1 N–H and O–H groups in total. The van der Waals surface area contributed by atoms with E-state index in [0.29, 0.717) is 6.04 Å². The zero-order valence-electron chi connectivity index (χ0n) is 8.53. The van der Waals surface area contributed by atoms with Gasteiger partial charge in [-0.15, -0.1) is 0 Å². The van der Waals surface area contributed by atoms with Gasteiger partial charge in [0.1, 0.15) is 5.75 Å². The van der Waals surface area contributed by atoms with Crippen LogP contribution in [0.25, 0.3) is 0 Å². The molecule has 1 aromatic carbocycles. The van der Waals surface area contributed by atoms with E-state index >= 15 is 0 Å². The van der Waals surface area contributed by atoms with Crippen molar-refractivity contribution in [1.29, 1.82) is 5.41 Å². The number of ether oxygens (including phenoxy) is 1. The lowest BCUT2D eigenvalue weighted by molar-refractivity contribution is 0.415. The molecule has 1 saturated carbocycles. The highest BCUT2D eigenvalue weighted by Gasteiger charge is 2.29. The van der Waals surface area contributed by atoms with E-state index in [2.05, 4.69) is 15.9 Å². The second-order valence-corrected chi connectivity index (χ2v) is 4.50. The van der Waals surface area contributed by atoms with E-state index in [-0.39, 0.29) is 0 Å². The van der Waals surface area contributed by atoms with Gasteiger partial charge in [0.05, 0.1) is 19.1 Å². The number of anilines is 1. The highest BCUT2D eigenvalue weighted by atomic mass is 79.9. The van der Waals surface area contributed by atoms with E-state index in [1.807, 2.05) is 23.1 Å². The van der Waals surface area contributed by atoms with Crippen LogP contribution in [-0.4, -0.2) is 19.5 Å². The largest absolute Gasteiger partial charge is 0.495 e. The third-order valence-corrected chi connectivity index (χ3v) is 2.99. The van der Waals surface area contributed by atoms with Crippen molar-refractivity contribution in [2.45, 2.75) is 18.9 Å². The van der Waals surface area contributed by atoms with Gasteiger partial charge in [0.15, 0.2) is 0 Å². The minimum atomic E-state index is 0.477. The summed E-state index contributed by atoms with van der Waals surface area (Å²) in [5.74, 6) is 0.814. The van der Waals surface area contributed by atoms with Crippen LogP contribution in [0, 0.1) is 5.41 Å². The van der Waals surface area contributed by atoms with Crippen LogP contribution in [0.15, 0.2) is 22.7 Å². The first kappa shape index (κ1) is 10.5. The summed E-state index contributed by atoms with van der Waals surface area (Å²) in [6.07, 6.45) is 3.69. The average Bonchev–Trinajstić information content (AvgIpc) is 3.04. The maximum Gasteiger partial charge on any atom is 0.142 e. The maximum absolute atomic E-state index is 7.44. The molecule has 0 aromatic heterocycles. The number of methoxy groups -OCH3 is 1. The van der Waals surface area contributed by atoms with E-state index < -0.39 is 0 Å². The lowest BCUT2D eigenvalue weighted by Crippen LogP contribution is -2.23. The fourth-order valence-electron chi connectivity index (χ4n) is 1.59. The monoisotopic (exact) mass is 268 g/mol. The van der Waals surface area contributed by atoms with Crippen molar-refractivity contribution in [3.8, 4) is 5.75 Å². The van der Waals surface area contributed by atoms with E-state index in [9.17, 15) is 0 Å². The zero-order valence-corrected chi connectivity index (χ0v) is 10.1. The van der Waals surface area contributed by atoms with Gasteiger partial charge in [0, 0.05) is 10.5 Å². The number of hydrogen-bond acceptors (Lipinski definition) is 2. The first-order valence-electron chi connectivity index (χ1n) is 4.88. The Morgan fingerprint density at radius 1 is 1.53 bits per heavy atom. The van der Waals surface area contributed by atoms with Gasteiger partial charge in [-0.3, -0.25) is 5.41 Å². The fourth-order valence-corrected chi connectivity index (χ4v) is 1.94. The molecule has 0 amide bonds. The maximum atomic E-state index is 7.44. The molecule has 1 fully saturated rings. The quantitative estimate of drug-likeness (QED) is 0.673. The molecule has 1 aliphatic carbocycles. The SMILES string of the molecule is COc1ccc(Br)cc1N(C=N)C1CC1. The van der Waals surface area contributed by atoms with Crippen molar-refractivity contribution in [3.63, 3.8) is 0 Å². The molecular weight excluding hydrogens is 256 g/mol. The first-order valence-corrected chi connectivity index (χ1v) is 5.68. The number of nitrogens with zero attached hydrogens (tertiary/aromatic N) is 1. The average molecular weight is 269 g/mol. The molecule has 0 saturated heterocycles. The summed E-state index contributed by atoms with van der Waals surface area (Å²) < 4.78 is 6.30. The number of rotatable bonds is 4. The highest BCUT2D eigenvalue weighted by Crippen LogP contribution is 2.37. The summed E-state index contributed by atoms with van der Waals surface area (Å²) in [5, 5.41) is 7.44. The van der Waals surface area contributed by atoms with Gasteiger partial charge in [-0.2, -0.15) is 0 Å². The summed E-state index contributed by atoms with van der Waals surface area (Å²) in [7, 11) is 1.65. The van der Waals surface area contributed by atoms with Crippen LogP contribution in [0.5, 0.6) is 5.75 Å². The number of nitrogens with one attached hydrogen (secondary N) is 1. The Morgan fingerprint density at radius 2 is 2.27 bits per heavy atom. The predicted octanol–water partition coefficient (Wildman–Crippen LogP) is 3.03. The third-order valence-electron chi connectivity index (χ3n) is 2.50. The van der Waals surface area contributed by atoms with Gasteiger partial charge in [-0.25, -0.2) is 0 Å². The second kappa shape index (κ2) is 4.23. The molecule has 0 spiro atoms. The molecule has 1 aromatic rings. The van der Waals surface area contributed by atoms with Crippen LogP contribution in [0.1, 0.15) is 12.8 Å². The van der Waals surface area contributed by atoms with Crippen LogP contribution in [0.4, 0.5) is 5.69 Å². The van der Waals surface area contributed by atoms with Crippen LogP contribution >= 0.6 is 15.9 Å². The zero-order chi connectivity index (χ0) is 10.8.